The second-order valence-electron chi connectivity index (χ2n) is 4.88. The lowest BCUT2D eigenvalue weighted by Crippen LogP contribution is -2.45. The topological polar surface area (TPSA) is 61.8 Å². The van der Waals surface area contributed by atoms with Crippen molar-refractivity contribution in [3.05, 3.63) is 24.1 Å². The summed E-state index contributed by atoms with van der Waals surface area (Å²) >= 11 is 0. The molecular formula is C14H22FN5O. The highest BCUT2D eigenvalue weighted by Gasteiger charge is 2.25. The van der Waals surface area contributed by atoms with Crippen molar-refractivity contribution in [1.29, 1.82) is 0 Å². The highest BCUT2D eigenvalue weighted by Crippen LogP contribution is 2.20. The van der Waals surface area contributed by atoms with Gasteiger partial charge in [-0.25, -0.2) is 9.37 Å². The van der Waals surface area contributed by atoms with Crippen LogP contribution in [0.5, 0.6) is 0 Å². The zero-order chi connectivity index (χ0) is 15.1. The lowest BCUT2D eigenvalue weighted by atomic mass is 10.3. The van der Waals surface area contributed by atoms with Crippen molar-refractivity contribution in [2.24, 2.45) is 4.99 Å². The molecule has 1 aromatic heterocycles. The van der Waals surface area contributed by atoms with E-state index in [-0.39, 0.29) is 11.9 Å². The van der Waals surface area contributed by atoms with Gasteiger partial charge in [0, 0.05) is 46.0 Å². The standard InChI is InChI=1S/C14H22FN5O/c1-16-14(18-7-9-21-2)19-11-5-8-20(10-11)13-12(15)4-3-6-17-13/h3-4,6,11H,5,7-10H2,1-2H3,(H2,16,18,19). The number of methoxy groups -OCH3 is 1. The normalized spacial score (nSPS) is 18.9. The minimum absolute atomic E-state index is 0.222. The maximum Gasteiger partial charge on any atom is 0.191 e. The second-order valence-corrected chi connectivity index (χ2v) is 4.88. The van der Waals surface area contributed by atoms with Gasteiger partial charge in [-0.15, -0.1) is 0 Å². The summed E-state index contributed by atoms with van der Waals surface area (Å²) in [5, 5.41) is 6.50. The molecule has 2 N–H and O–H groups in total. The molecule has 1 aliphatic rings. The van der Waals surface area contributed by atoms with E-state index in [9.17, 15) is 4.39 Å². The number of ether oxygens (including phenoxy) is 1. The van der Waals surface area contributed by atoms with Crippen LogP contribution in [0.15, 0.2) is 23.3 Å². The minimum Gasteiger partial charge on any atom is -0.383 e. The van der Waals surface area contributed by atoms with Crippen molar-refractivity contribution < 1.29 is 9.13 Å². The van der Waals surface area contributed by atoms with E-state index < -0.39 is 0 Å². The fourth-order valence-corrected chi connectivity index (χ4v) is 2.34. The van der Waals surface area contributed by atoms with Crippen molar-refractivity contribution in [2.75, 3.05) is 45.3 Å². The number of hydrogen-bond donors (Lipinski definition) is 2. The third kappa shape index (κ3) is 4.29. The molecule has 116 valence electrons. The number of guanidine groups is 1. The van der Waals surface area contributed by atoms with E-state index in [1.165, 1.54) is 6.07 Å². The number of anilines is 1. The summed E-state index contributed by atoms with van der Waals surface area (Å²) in [6.07, 6.45) is 2.53. The molecule has 1 fully saturated rings. The molecule has 1 saturated heterocycles. The molecule has 0 aliphatic carbocycles. The average Bonchev–Trinajstić information content (AvgIpc) is 2.95. The lowest BCUT2D eigenvalue weighted by molar-refractivity contribution is 0.203. The quantitative estimate of drug-likeness (QED) is 0.473. The summed E-state index contributed by atoms with van der Waals surface area (Å²) < 4.78 is 18.7. The molecule has 0 amide bonds. The minimum atomic E-state index is -0.277. The molecule has 0 spiro atoms. The Labute approximate surface area is 124 Å². The van der Waals surface area contributed by atoms with Crippen LogP contribution in [0.3, 0.4) is 0 Å². The smallest absolute Gasteiger partial charge is 0.191 e. The van der Waals surface area contributed by atoms with Gasteiger partial charge in [-0.2, -0.15) is 0 Å². The maximum absolute atomic E-state index is 13.7. The second kappa shape index (κ2) is 7.78. The third-order valence-corrected chi connectivity index (χ3v) is 3.39. The van der Waals surface area contributed by atoms with Gasteiger partial charge in [0.1, 0.15) is 0 Å². The summed E-state index contributed by atoms with van der Waals surface area (Å²) in [6.45, 7) is 2.80. The number of rotatable bonds is 5. The molecule has 21 heavy (non-hydrogen) atoms. The fourth-order valence-electron chi connectivity index (χ4n) is 2.34. The van der Waals surface area contributed by atoms with E-state index in [1.54, 1.807) is 26.4 Å². The molecule has 2 rings (SSSR count). The number of aliphatic imine (C=N–C) groups is 1. The predicted molar refractivity (Wildman–Crippen MR) is 81.2 cm³/mol. The van der Waals surface area contributed by atoms with Gasteiger partial charge in [-0.05, 0) is 18.6 Å². The van der Waals surface area contributed by atoms with Gasteiger partial charge in [-0.1, -0.05) is 0 Å². The monoisotopic (exact) mass is 295 g/mol. The molecule has 1 atom stereocenters. The van der Waals surface area contributed by atoms with Gasteiger partial charge < -0.3 is 20.3 Å². The molecule has 6 nitrogen and oxygen atoms in total. The number of halogens is 1. The number of nitrogens with zero attached hydrogens (tertiary/aromatic N) is 3. The molecule has 1 aliphatic heterocycles. The number of nitrogens with one attached hydrogen (secondary N) is 2. The van der Waals surface area contributed by atoms with Crippen LogP contribution in [0.2, 0.25) is 0 Å². The molecular weight excluding hydrogens is 273 g/mol. The molecule has 7 heteroatoms. The number of aromatic nitrogens is 1. The van der Waals surface area contributed by atoms with Crippen LogP contribution < -0.4 is 15.5 Å². The highest BCUT2D eigenvalue weighted by molar-refractivity contribution is 5.80. The van der Waals surface area contributed by atoms with Crippen LogP contribution in [-0.4, -0.2) is 57.4 Å². The van der Waals surface area contributed by atoms with Gasteiger partial charge in [0.05, 0.1) is 6.61 Å². The first-order valence-corrected chi connectivity index (χ1v) is 7.06. The molecule has 0 bridgehead atoms. The Kier molecular flexibility index (Phi) is 5.74. The van der Waals surface area contributed by atoms with Crippen molar-refractivity contribution in [2.45, 2.75) is 12.5 Å². The Morgan fingerprint density at radius 1 is 1.62 bits per heavy atom. The van der Waals surface area contributed by atoms with Crippen LogP contribution in [0.1, 0.15) is 6.42 Å². The Morgan fingerprint density at radius 2 is 2.48 bits per heavy atom. The summed E-state index contributed by atoms with van der Waals surface area (Å²) in [5.74, 6) is 0.880. The molecule has 0 aromatic carbocycles. The Bertz CT molecular complexity index is 482. The van der Waals surface area contributed by atoms with Crippen LogP contribution in [-0.2, 0) is 4.74 Å². The first-order valence-electron chi connectivity index (χ1n) is 7.06. The SMILES string of the molecule is CN=C(NCCOC)NC1CCN(c2ncccc2F)C1. The van der Waals surface area contributed by atoms with Crippen LogP contribution >= 0.6 is 0 Å². The average molecular weight is 295 g/mol. The largest absolute Gasteiger partial charge is 0.383 e. The Hall–Kier alpha value is -1.89. The van der Waals surface area contributed by atoms with E-state index in [4.69, 9.17) is 4.74 Å². The maximum atomic E-state index is 13.7. The zero-order valence-electron chi connectivity index (χ0n) is 12.5. The Morgan fingerprint density at radius 3 is 3.19 bits per heavy atom. The first kappa shape index (κ1) is 15.5. The molecule has 1 unspecified atom stereocenters. The van der Waals surface area contributed by atoms with Crippen LogP contribution in [0.4, 0.5) is 10.2 Å². The van der Waals surface area contributed by atoms with E-state index >= 15 is 0 Å². The van der Waals surface area contributed by atoms with E-state index in [0.717, 1.165) is 18.9 Å². The highest BCUT2D eigenvalue weighted by atomic mass is 19.1. The van der Waals surface area contributed by atoms with Crippen molar-refractivity contribution >= 4 is 11.8 Å². The Balaban J connectivity index is 1.86. The van der Waals surface area contributed by atoms with E-state index in [1.807, 2.05) is 4.90 Å². The van der Waals surface area contributed by atoms with Crippen LogP contribution in [0.25, 0.3) is 0 Å². The lowest BCUT2D eigenvalue weighted by Gasteiger charge is -2.19. The summed E-state index contributed by atoms with van der Waals surface area (Å²) in [7, 11) is 3.39. The molecule has 1 aromatic rings. The van der Waals surface area contributed by atoms with Crippen molar-refractivity contribution in [3.63, 3.8) is 0 Å². The van der Waals surface area contributed by atoms with E-state index in [0.29, 0.717) is 25.5 Å². The van der Waals surface area contributed by atoms with Gasteiger partial charge in [0.25, 0.3) is 0 Å². The summed E-state index contributed by atoms with van der Waals surface area (Å²) in [6, 6.07) is 3.26. The van der Waals surface area contributed by atoms with Crippen molar-refractivity contribution in [1.82, 2.24) is 15.6 Å². The summed E-state index contributed by atoms with van der Waals surface area (Å²) in [4.78, 5) is 10.2. The zero-order valence-corrected chi connectivity index (χ0v) is 12.5. The van der Waals surface area contributed by atoms with Gasteiger partial charge in [-0.3, -0.25) is 4.99 Å². The van der Waals surface area contributed by atoms with Gasteiger partial charge >= 0.3 is 0 Å². The van der Waals surface area contributed by atoms with Crippen LogP contribution in [0, 0.1) is 5.82 Å². The third-order valence-electron chi connectivity index (χ3n) is 3.39. The molecule has 0 saturated carbocycles. The molecule has 0 radical (unpaired) electrons. The predicted octanol–water partition coefficient (Wildman–Crippen LogP) is 0.611. The fraction of sp³-hybridized carbons (Fsp3) is 0.571. The first-order chi connectivity index (χ1) is 10.2. The number of hydrogen-bond acceptors (Lipinski definition) is 4. The summed E-state index contributed by atoms with van der Waals surface area (Å²) in [5.41, 5.74) is 0. The number of pyridine rings is 1. The van der Waals surface area contributed by atoms with Gasteiger partial charge in [0.15, 0.2) is 17.6 Å². The van der Waals surface area contributed by atoms with E-state index in [2.05, 4.69) is 20.6 Å². The van der Waals surface area contributed by atoms with Crippen molar-refractivity contribution in [3.8, 4) is 0 Å². The van der Waals surface area contributed by atoms with Gasteiger partial charge in [0.2, 0.25) is 0 Å². The molecule has 2 heterocycles.